The molecule has 0 amide bonds. The largest absolute Gasteiger partial charge is 0.490 e. The number of fused-ring (bicyclic) bond motifs is 5. The van der Waals surface area contributed by atoms with Gasteiger partial charge in [-0.1, -0.05) is 253 Å². The second-order valence-electron chi connectivity index (χ2n) is 30.3. The Morgan fingerprint density at radius 2 is 0.763 bits per heavy atom. The first-order valence-corrected chi connectivity index (χ1v) is 39.7. The van der Waals surface area contributed by atoms with E-state index >= 15 is 0 Å². The number of hydrogen-bond donors (Lipinski definition) is 0. The smallest absolute Gasteiger partial charge is 0.161 e. The van der Waals surface area contributed by atoms with Crippen LogP contribution in [0.15, 0.2) is 139 Å². The summed E-state index contributed by atoms with van der Waals surface area (Å²) in [6, 6.07) is 53.2. The molecule has 1 heterocycles. The molecule has 5 heteroatoms. The maximum absolute atomic E-state index is 7.12. The number of nitrogens with zero attached hydrogens (tertiary/aromatic N) is 1. The zero-order valence-electron chi connectivity index (χ0n) is 61.0. The topological polar surface area (TPSA) is 40.2 Å². The van der Waals surface area contributed by atoms with Crippen LogP contribution in [0.4, 0.5) is 17.1 Å². The molecule has 4 bridgehead atoms. The lowest BCUT2D eigenvalue weighted by Gasteiger charge is -2.53. The number of benzene rings is 7. The first kappa shape index (κ1) is 70.2. The summed E-state index contributed by atoms with van der Waals surface area (Å²) in [4.78, 5) is 2.60. The van der Waals surface area contributed by atoms with Gasteiger partial charge in [0.15, 0.2) is 23.0 Å². The second-order valence-corrected chi connectivity index (χ2v) is 30.3. The molecule has 1 aliphatic heterocycles. The van der Waals surface area contributed by atoms with Crippen LogP contribution in [0.5, 0.6) is 23.0 Å². The first-order chi connectivity index (χ1) is 47.7. The van der Waals surface area contributed by atoms with Crippen molar-refractivity contribution in [2.45, 2.75) is 259 Å². The summed E-state index contributed by atoms with van der Waals surface area (Å²) in [5, 5.41) is 0. The van der Waals surface area contributed by atoms with Crippen molar-refractivity contribution in [1.82, 2.24) is 0 Å². The van der Waals surface area contributed by atoms with Crippen LogP contribution < -0.4 is 23.8 Å². The van der Waals surface area contributed by atoms with Crippen LogP contribution in [-0.4, -0.2) is 26.4 Å². The fourth-order valence-electron chi connectivity index (χ4n) is 17.9. The fourth-order valence-corrected chi connectivity index (χ4v) is 17.9. The minimum Gasteiger partial charge on any atom is -0.490 e. The predicted molar refractivity (Wildman–Crippen MR) is 411 cm³/mol. The third-order valence-electron chi connectivity index (χ3n) is 22.9. The normalized spacial score (nSPS) is 17.7. The van der Waals surface area contributed by atoms with E-state index in [9.17, 15) is 0 Å². The molecular weight excluding hydrogens is 1180 g/mol. The van der Waals surface area contributed by atoms with Crippen LogP contribution in [-0.2, 0) is 11.8 Å². The Morgan fingerprint density at radius 3 is 1.28 bits per heavy atom. The van der Waals surface area contributed by atoms with Gasteiger partial charge in [0.2, 0.25) is 0 Å². The highest BCUT2D eigenvalue weighted by atomic mass is 16.5. The van der Waals surface area contributed by atoms with Crippen LogP contribution in [0.25, 0.3) is 27.8 Å². The second kappa shape index (κ2) is 34.4. The molecular formula is C92H119NO4. The van der Waals surface area contributed by atoms with E-state index in [4.69, 9.17) is 18.9 Å². The molecule has 7 aromatic carbocycles. The molecule has 516 valence electrons. The minimum absolute atomic E-state index is 0.641. The number of hydrogen-bond acceptors (Lipinski definition) is 5. The third kappa shape index (κ3) is 16.1. The summed E-state index contributed by atoms with van der Waals surface area (Å²) in [7, 11) is 0. The number of anilines is 3. The van der Waals surface area contributed by atoms with Crippen molar-refractivity contribution in [3.8, 4) is 45.3 Å². The Hall–Kier alpha value is -6.72. The van der Waals surface area contributed by atoms with Gasteiger partial charge in [-0.25, -0.2) is 0 Å². The molecule has 5 aliphatic carbocycles. The van der Waals surface area contributed by atoms with E-state index in [1.165, 1.54) is 255 Å². The van der Waals surface area contributed by atoms with Gasteiger partial charge in [0.1, 0.15) is 0 Å². The molecule has 0 aromatic heterocycles. The van der Waals surface area contributed by atoms with E-state index in [2.05, 4.69) is 187 Å². The van der Waals surface area contributed by atoms with Crippen LogP contribution in [0.3, 0.4) is 0 Å². The van der Waals surface area contributed by atoms with Crippen molar-refractivity contribution >= 4 is 22.6 Å². The van der Waals surface area contributed by atoms with Crippen molar-refractivity contribution in [2.75, 3.05) is 31.3 Å². The fraction of sp³-hybridized carbons (Fsp3) is 0.522. The zero-order chi connectivity index (χ0) is 66.9. The number of aryl methyl sites for hydroxylation is 3. The monoisotopic (exact) mass is 1300 g/mol. The molecule has 0 atom stereocenters. The molecule has 4 fully saturated rings. The van der Waals surface area contributed by atoms with Gasteiger partial charge in [-0.2, -0.15) is 0 Å². The summed E-state index contributed by atoms with van der Waals surface area (Å²) >= 11 is 0. The Labute approximate surface area is 587 Å². The molecule has 0 saturated heterocycles. The van der Waals surface area contributed by atoms with Gasteiger partial charge in [0.25, 0.3) is 0 Å². The summed E-state index contributed by atoms with van der Waals surface area (Å²) in [5.74, 6) is 6.38. The molecule has 0 unspecified atom stereocenters. The predicted octanol–water partition coefficient (Wildman–Crippen LogP) is 26.7. The van der Waals surface area contributed by atoms with E-state index < -0.39 is 5.41 Å². The van der Waals surface area contributed by atoms with Gasteiger partial charge in [-0.15, -0.1) is 0 Å². The van der Waals surface area contributed by atoms with Crippen molar-refractivity contribution in [3.63, 3.8) is 0 Å². The van der Waals surface area contributed by atoms with Crippen molar-refractivity contribution < 1.29 is 18.9 Å². The van der Waals surface area contributed by atoms with Gasteiger partial charge in [0, 0.05) is 16.8 Å². The highest BCUT2D eigenvalue weighted by Crippen LogP contribution is 2.63. The molecule has 6 aliphatic rings. The van der Waals surface area contributed by atoms with E-state index in [1.54, 1.807) is 5.57 Å². The highest BCUT2D eigenvalue weighted by Gasteiger charge is 2.49. The maximum Gasteiger partial charge on any atom is 0.161 e. The van der Waals surface area contributed by atoms with Crippen LogP contribution in [0.1, 0.15) is 284 Å². The third-order valence-corrected chi connectivity index (χ3v) is 22.9. The SMILES string of the molecule is CCCCCCCCOc1ccc(C2(c3ccc(OCCCCCCCC)c(OCCCCCCCC)c3)c3cc(C)ccc3-c3ccc(-c4ccc5c(c4)C(=C4C6CC7CC(C6)CC4C7)c4cc(C)ccc4N5c4ccc(CCCC)cc4)cc32)cc1OCCCCCCCC. The molecule has 7 aromatic rings. The molecule has 0 spiro atoms. The van der Waals surface area contributed by atoms with Crippen LogP contribution in [0, 0.1) is 37.5 Å². The van der Waals surface area contributed by atoms with Crippen LogP contribution >= 0.6 is 0 Å². The minimum atomic E-state index is -0.781. The Balaban J connectivity index is 1.03. The van der Waals surface area contributed by atoms with Gasteiger partial charge in [-0.05, 0) is 231 Å². The summed E-state index contributed by atoms with van der Waals surface area (Å²) in [5.41, 5.74) is 23.0. The zero-order valence-corrected chi connectivity index (χ0v) is 61.0. The number of allylic oxidation sites excluding steroid dienone is 1. The number of rotatable bonds is 39. The lowest BCUT2D eigenvalue weighted by Crippen LogP contribution is -2.41. The Bertz CT molecular complexity index is 3600. The lowest BCUT2D eigenvalue weighted by atomic mass is 9.53. The Kier molecular flexibility index (Phi) is 24.9. The van der Waals surface area contributed by atoms with E-state index in [0.29, 0.717) is 38.3 Å². The summed E-state index contributed by atoms with van der Waals surface area (Å²) < 4.78 is 28.0. The van der Waals surface area contributed by atoms with Gasteiger partial charge < -0.3 is 23.8 Å². The summed E-state index contributed by atoms with van der Waals surface area (Å²) in [6.07, 6.45) is 39.4. The van der Waals surface area contributed by atoms with Crippen molar-refractivity contribution in [1.29, 1.82) is 0 Å². The average molecular weight is 1300 g/mol. The van der Waals surface area contributed by atoms with Gasteiger partial charge in [-0.3, -0.25) is 0 Å². The number of unbranched alkanes of at least 4 members (excludes halogenated alkanes) is 21. The first-order valence-electron chi connectivity index (χ1n) is 39.7. The van der Waals surface area contributed by atoms with E-state index in [1.807, 2.05) is 0 Å². The molecule has 0 radical (unpaired) electrons. The van der Waals surface area contributed by atoms with E-state index in [0.717, 1.165) is 79.8 Å². The highest BCUT2D eigenvalue weighted by molar-refractivity contribution is 6.03. The Morgan fingerprint density at radius 1 is 0.351 bits per heavy atom. The molecule has 97 heavy (non-hydrogen) atoms. The molecule has 0 N–H and O–H groups in total. The van der Waals surface area contributed by atoms with Crippen molar-refractivity contribution in [3.05, 3.63) is 189 Å². The van der Waals surface area contributed by atoms with Crippen LogP contribution in [0.2, 0.25) is 0 Å². The van der Waals surface area contributed by atoms with Gasteiger partial charge >= 0.3 is 0 Å². The molecule has 5 nitrogen and oxygen atoms in total. The summed E-state index contributed by atoms with van der Waals surface area (Å²) in [6.45, 7) is 18.7. The van der Waals surface area contributed by atoms with Crippen molar-refractivity contribution in [2.24, 2.45) is 23.7 Å². The maximum atomic E-state index is 7.12. The lowest BCUT2D eigenvalue weighted by molar-refractivity contribution is 0.0705. The average Bonchev–Trinajstić information content (AvgIpc) is 1.68. The quantitative estimate of drug-likeness (QED) is 0.0359. The standard InChI is InChI=1S/C92H119NO4/c1-8-13-18-22-26-30-51-94-86-49-41-75(64-88(86)96-53-32-28-24-20-15-10-3)92(76-42-50-87(95-52-31-27-23-19-14-9-2)89(65-76)97-54-33-29-25-21-16-11-4)82-56-67(7)35-45-78(82)79-46-39-72(63-83(79)92)71-40-48-85-81(62-71)91(90-73-58-69-57-70(60-73)61-74(90)59-69)80-55-66(6)36-47-84(80)93(85)77-43-37-68(38-44-77)34-17-12-5/h35-50,55-56,62-65,69-70,73-74H,8-34,51-54,57-61H2,1-7H3. The van der Waals surface area contributed by atoms with Gasteiger partial charge in [0.05, 0.1) is 43.2 Å². The molecule has 13 rings (SSSR count). The number of ether oxygens (including phenoxy) is 4. The van der Waals surface area contributed by atoms with E-state index in [-0.39, 0.29) is 0 Å². The molecule has 4 saturated carbocycles.